The Morgan fingerprint density at radius 3 is 2.94 bits per heavy atom. The number of nitrogens with one attached hydrogen (secondary N) is 2. The van der Waals surface area contributed by atoms with E-state index >= 15 is 0 Å². The second-order valence-electron chi connectivity index (χ2n) is 4.55. The molecule has 1 amide bonds. The fraction of sp³-hybridized carbons (Fsp3) is 0.727. The van der Waals surface area contributed by atoms with Gasteiger partial charge in [0.25, 0.3) is 0 Å². The van der Waals surface area contributed by atoms with Gasteiger partial charge in [-0.25, -0.2) is 0 Å². The summed E-state index contributed by atoms with van der Waals surface area (Å²) >= 11 is 1.53. The number of likely N-dealkylation sites (N-methyl/N-ethyl adjacent to an activating group) is 1. The monoisotopic (exact) mass is 269 g/mol. The maximum Gasteiger partial charge on any atom is 0.234 e. The zero-order chi connectivity index (χ0) is 13.0. The van der Waals surface area contributed by atoms with Gasteiger partial charge in [-0.15, -0.1) is 10.2 Å². The van der Waals surface area contributed by atoms with Crippen LogP contribution in [0.5, 0.6) is 0 Å². The Bertz CT molecular complexity index is 404. The van der Waals surface area contributed by atoms with Crippen molar-refractivity contribution in [3.05, 3.63) is 5.01 Å². The van der Waals surface area contributed by atoms with Crippen molar-refractivity contribution in [2.75, 3.05) is 25.5 Å². The van der Waals surface area contributed by atoms with Gasteiger partial charge in [0.1, 0.15) is 5.01 Å². The van der Waals surface area contributed by atoms with Gasteiger partial charge < -0.3 is 10.6 Å². The predicted octanol–water partition coefficient (Wildman–Crippen LogP) is 0.680. The van der Waals surface area contributed by atoms with Gasteiger partial charge >= 0.3 is 0 Å². The standard InChI is InChI=1S/C11H19N5OS/c1-3-12-11-15-14-10(18-11)7-16(2)6-9(17)13-8-4-5-8/h8H,3-7H2,1-2H3,(H,12,15)(H,13,17). The summed E-state index contributed by atoms with van der Waals surface area (Å²) in [7, 11) is 1.92. The van der Waals surface area contributed by atoms with Crippen LogP contribution in [0, 0.1) is 0 Å². The van der Waals surface area contributed by atoms with Gasteiger partial charge in [-0.3, -0.25) is 9.69 Å². The van der Waals surface area contributed by atoms with E-state index in [-0.39, 0.29) is 5.91 Å². The van der Waals surface area contributed by atoms with Crippen LogP contribution in [0.4, 0.5) is 5.13 Å². The van der Waals surface area contributed by atoms with Gasteiger partial charge in [0.2, 0.25) is 11.0 Å². The number of amides is 1. The minimum absolute atomic E-state index is 0.0939. The van der Waals surface area contributed by atoms with Gasteiger partial charge in [-0.2, -0.15) is 0 Å². The quantitative estimate of drug-likeness (QED) is 0.762. The lowest BCUT2D eigenvalue weighted by Gasteiger charge is -2.13. The summed E-state index contributed by atoms with van der Waals surface area (Å²) in [5, 5.41) is 16.0. The summed E-state index contributed by atoms with van der Waals surface area (Å²) < 4.78 is 0. The van der Waals surface area contributed by atoms with E-state index < -0.39 is 0 Å². The molecule has 18 heavy (non-hydrogen) atoms. The molecule has 0 atom stereocenters. The summed E-state index contributed by atoms with van der Waals surface area (Å²) in [5.74, 6) is 0.0939. The fourth-order valence-electron chi connectivity index (χ4n) is 1.57. The van der Waals surface area contributed by atoms with E-state index in [1.807, 2.05) is 18.9 Å². The highest BCUT2D eigenvalue weighted by Crippen LogP contribution is 2.18. The number of carbonyl (C=O) groups is 1. The third kappa shape index (κ3) is 4.23. The summed E-state index contributed by atoms with van der Waals surface area (Å²) in [6, 6.07) is 0.424. The predicted molar refractivity (Wildman–Crippen MR) is 71.6 cm³/mol. The van der Waals surface area contributed by atoms with Crippen LogP contribution in [-0.2, 0) is 11.3 Å². The maximum absolute atomic E-state index is 11.6. The molecule has 6 nitrogen and oxygen atoms in total. The van der Waals surface area contributed by atoms with Crippen molar-refractivity contribution in [1.82, 2.24) is 20.4 Å². The van der Waals surface area contributed by atoms with E-state index in [0.717, 1.165) is 29.5 Å². The van der Waals surface area contributed by atoms with E-state index in [1.165, 1.54) is 11.3 Å². The first kappa shape index (κ1) is 13.2. The summed E-state index contributed by atoms with van der Waals surface area (Å²) in [5.41, 5.74) is 0. The van der Waals surface area contributed by atoms with Gasteiger partial charge in [0, 0.05) is 12.6 Å². The average molecular weight is 269 g/mol. The molecule has 1 heterocycles. The molecule has 0 aliphatic heterocycles. The van der Waals surface area contributed by atoms with Crippen molar-refractivity contribution < 1.29 is 4.79 Å². The van der Waals surface area contributed by atoms with Crippen LogP contribution in [0.15, 0.2) is 0 Å². The molecule has 0 unspecified atom stereocenters. The Balaban J connectivity index is 1.74. The minimum Gasteiger partial charge on any atom is -0.360 e. The molecule has 1 aromatic rings. The van der Waals surface area contributed by atoms with Crippen LogP contribution in [0.2, 0.25) is 0 Å². The molecule has 1 aromatic heterocycles. The van der Waals surface area contributed by atoms with Gasteiger partial charge in [0.05, 0.1) is 13.1 Å². The highest BCUT2D eigenvalue weighted by molar-refractivity contribution is 7.15. The third-order valence-electron chi connectivity index (χ3n) is 2.56. The molecule has 1 saturated carbocycles. The van der Waals surface area contributed by atoms with Crippen LogP contribution in [0.25, 0.3) is 0 Å². The zero-order valence-corrected chi connectivity index (χ0v) is 11.6. The highest BCUT2D eigenvalue weighted by atomic mass is 32.1. The molecule has 0 aromatic carbocycles. The van der Waals surface area contributed by atoms with E-state index in [2.05, 4.69) is 20.8 Å². The maximum atomic E-state index is 11.6. The van der Waals surface area contributed by atoms with Crippen molar-refractivity contribution in [1.29, 1.82) is 0 Å². The van der Waals surface area contributed by atoms with Crippen molar-refractivity contribution >= 4 is 22.4 Å². The number of rotatable bonds is 7. The molecule has 7 heteroatoms. The van der Waals surface area contributed by atoms with Crippen LogP contribution in [0.3, 0.4) is 0 Å². The molecular weight excluding hydrogens is 250 g/mol. The average Bonchev–Trinajstić information content (AvgIpc) is 2.99. The lowest BCUT2D eigenvalue weighted by atomic mass is 10.5. The molecule has 2 N–H and O–H groups in total. The summed E-state index contributed by atoms with van der Waals surface area (Å²) in [4.78, 5) is 13.6. The normalized spacial score (nSPS) is 14.8. The Kier molecular flexibility index (Phi) is 4.48. The van der Waals surface area contributed by atoms with Gasteiger partial charge in [0.15, 0.2) is 0 Å². The summed E-state index contributed by atoms with van der Waals surface area (Å²) in [6.07, 6.45) is 2.25. The largest absolute Gasteiger partial charge is 0.360 e. The van der Waals surface area contributed by atoms with Crippen molar-refractivity contribution in [2.45, 2.75) is 32.4 Å². The number of hydrogen-bond acceptors (Lipinski definition) is 6. The molecule has 1 aliphatic rings. The molecule has 1 aliphatic carbocycles. The van der Waals surface area contributed by atoms with E-state index in [4.69, 9.17) is 0 Å². The fourth-order valence-corrected chi connectivity index (χ4v) is 2.46. The number of carbonyl (C=O) groups excluding carboxylic acids is 1. The smallest absolute Gasteiger partial charge is 0.234 e. The molecule has 0 saturated heterocycles. The van der Waals surface area contributed by atoms with Crippen LogP contribution >= 0.6 is 11.3 Å². The number of nitrogens with zero attached hydrogens (tertiary/aromatic N) is 3. The van der Waals surface area contributed by atoms with Crippen molar-refractivity contribution in [2.24, 2.45) is 0 Å². The topological polar surface area (TPSA) is 70.2 Å². The van der Waals surface area contributed by atoms with Crippen LogP contribution in [-0.4, -0.2) is 47.2 Å². The molecule has 0 radical (unpaired) electrons. The van der Waals surface area contributed by atoms with Crippen LogP contribution < -0.4 is 10.6 Å². The number of aromatic nitrogens is 2. The van der Waals surface area contributed by atoms with Crippen LogP contribution in [0.1, 0.15) is 24.8 Å². The molecule has 2 rings (SSSR count). The van der Waals surface area contributed by atoms with Gasteiger partial charge in [-0.05, 0) is 26.8 Å². The molecule has 1 fully saturated rings. The Morgan fingerprint density at radius 2 is 2.28 bits per heavy atom. The van der Waals surface area contributed by atoms with E-state index in [9.17, 15) is 4.79 Å². The minimum atomic E-state index is 0.0939. The second-order valence-corrected chi connectivity index (χ2v) is 5.61. The lowest BCUT2D eigenvalue weighted by molar-refractivity contribution is -0.122. The second kappa shape index (κ2) is 6.10. The molecule has 0 bridgehead atoms. The lowest BCUT2D eigenvalue weighted by Crippen LogP contribution is -2.35. The van der Waals surface area contributed by atoms with Crippen molar-refractivity contribution in [3.63, 3.8) is 0 Å². The van der Waals surface area contributed by atoms with E-state index in [0.29, 0.717) is 19.1 Å². The number of anilines is 1. The zero-order valence-electron chi connectivity index (χ0n) is 10.8. The van der Waals surface area contributed by atoms with E-state index in [1.54, 1.807) is 0 Å². The molecular formula is C11H19N5OS. The first-order valence-electron chi connectivity index (χ1n) is 6.21. The Morgan fingerprint density at radius 1 is 1.50 bits per heavy atom. The van der Waals surface area contributed by atoms with Gasteiger partial charge in [-0.1, -0.05) is 11.3 Å². The highest BCUT2D eigenvalue weighted by Gasteiger charge is 2.23. The van der Waals surface area contributed by atoms with Crippen molar-refractivity contribution in [3.8, 4) is 0 Å². The molecule has 100 valence electrons. The third-order valence-corrected chi connectivity index (χ3v) is 3.42. The first-order valence-corrected chi connectivity index (χ1v) is 7.03. The Hall–Kier alpha value is -1.21. The first-order chi connectivity index (χ1) is 8.67. The Labute approximate surface area is 111 Å². The SMILES string of the molecule is CCNc1nnc(CN(C)CC(=O)NC2CC2)s1. The molecule has 0 spiro atoms. The number of hydrogen-bond donors (Lipinski definition) is 2. The summed E-state index contributed by atoms with van der Waals surface area (Å²) in [6.45, 7) is 3.93.